The first kappa shape index (κ1) is 16.7. The van der Waals surface area contributed by atoms with E-state index in [1.165, 1.54) is 6.42 Å². The van der Waals surface area contributed by atoms with Crippen molar-refractivity contribution in [1.82, 2.24) is 10.2 Å². The van der Waals surface area contributed by atoms with Crippen LogP contribution in [0.25, 0.3) is 0 Å². The van der Waals surface area contributed by atoms with Crippen LogP contribution in [0.5, 0.6) is 0 Å². The molecule has 5 heteroatoms. The Morgan fingerprint density at radius 2 is 2.19 bits per heavy atom. The van der Waals surface area contributed by atoms with Crippen LogP contribution in [0.2, 0.25) is 0 Å². The molecule has 1 heterocycles. The first-order chi connectivity index (χ1) is 10.1. The maximum atomic E-state index is 12.5. The average molecular weight is 298 g/mol. The molecule has 2 fully saturated rings. The number of nitrogens with one attached hydrogen (secondary N) is 1. The zero-order valence-corrected chi connectivity index (χ0v) is 13.7. The van der Waals surface area contributed by atoms with E-state index >= 15 is 0 Å². The van der Waals surface area contributed by atoms with Gasteiger partial charge in [-0.2, -0.15) is 0 Å². The third kappa shape index (κ3) is 3.76. The molecule has 2 aliphatic rings. The van der Waals surface area contributed by atoms with Gasteiger partial charge in [0.1, 0.15) is 5.54 Å². The van der Waals surface area contributed by atoms with E-state index in [9.17, 15) is 4.79 Å². The molecule has 0 spiro atoms. The number of hydrogen-bond acceptors (Lipinski definition) is 5. The minimum Gasteiger partial charge on any atom is -0.465 e. The Kier molecular flexibility index (Phi) is 6.02. The predicted octanol–water partition coefficient (Wildman–Crippen LogP) is 1.56. The third-order valence-electron chi connectivity index (χ3n) is 4.93. The van der Waals surface area contributed by atoms with Crippen LogP contribution in [0.1, 0.15) is 46.0 Å². The van der Waals surface area contributed by atoms with E-state index in [1.54, 1.807) is 7.11 Å². The van der Waals surface area contributed by atoms with E-state index in [0.717, 1.165) is 45.3 Å². The standard InChI is InChI=1S/C16H30N2O3/c1-4-17-16(15(19)21-5-2)9-6-7-13(11-16)18-10-8-14(12-18)20-3/h13-14,17H,4-12H2,1-3H3. The lowest BCUT2D eigenvalue weighted by Crippen LogP contribution is -2.58. The highest BCUT2D eigenvalue weighted by Gasteiger charge is 2.45. The van der Waals surface area contributed by atoms with Crippen molar-refractivity contribution >= 4 is 5.97 Å². The Balaban J connectivity index is 2.04. The molecular weight excluding hydrogens is 268 g/mol. The second kappa shape index (κ2) is 7.56. The Hall–Kier alpha value is -0.650. The van der Waals surface area contributed by atoms with Gasteiger partial charge in [-0.3, -0.25) is 9.69 Å². The Labute approximate surface area is 128 Å². The van der Waals surface area contributed by atoms with E-state index in [4.69, 9.17) is 9.47 Å². The molecular formula is C16H30N2O3. The van der Waals surface area contributed by atoms with Crippen molar-refractivity contribution in [2.75, 3.05) is 33.4 Å². The van der Waals surface area contributed by atoms with Crippen LogP contribution >= 0.6 is 0 Å². The minimum absolute atomic E-state index is 0.0703. The fourth-order valence-electron chi connectivity index (χ4n) is 3.86. The molecule has 1 saturated carbocycles. The van der Waals surface area contributed by atoms with Gasteiger partial charge in [0.25, 0.3) is 0 Å². The maximum absolute atomic E-state index is 12.5. The molecule has 0 radical (unpaired) electrons. The summed E-state index contributed by atoms with van der Waals surface area (Å²) in [6.07, 6.45) is 5.44. The SMILES string of the molecule is CCNC1(C(=O)OCC)CCCC(N2CCC(OC)C2)C1. The first-order valence-electron chi connectivity index (χ1n) is 8.34. The van der Waals surface area contributed by atoms with Crippen LogP contribution < -0.4 is 5.32 Å². The van der Waals surface area contributed by atoms with Gasteiger partial charge < -0.3 is 14.8 Å². The van der Waals surface area contributed by atoms with Gasteiger partial charge in [-0.25, -0.2) is 0 Å². The predicted molar refractivity (Wildman–Crippen MR) is 82.3 cm³/mol. The van der Waals surface area contributed by atoms with Crippen LogP contribution in [0.3, 0.4) is 0 Å². The summed E-state index contributed by atoms with van der Waals surface area (Å²) in [6.45, 7) is 7.25. The van der Waals surface area contributed by atoms with Crippen molar-refractivity contribution in [1.29, 1.82) is 0 Å². The van der Waals surface area contributed by atoms with Crippen molar-refractivity contribution in [2.24, 2.45) is 0 Å². The lowest BCUT2D eigenvalue weighted by atomic mass is 9.78. The summed E-state index contributed by atoms with van der Waals surface area (Å²) in [7, 11) is 1.79. The summed E-state index contributed by atoms with van der Waals surface area (Å²) in [6, 6.07) is 0.461. The van der Waals surface area contributed by atoms with Gasteiger partial charge in [-0.15, -0.1) is 0 Å². The Morgan fingerprint density at radius 3 is 2.81 bits per heavy atom. The van der Waals surface area contributed by atoms with Gasteiger partial charge >= 0.3 is 5.97 Å². The van der Waals surface area contributed by atoms with Crippen LogP contribution in [-0.2, 0) is 14.3 Å². The molecule has 3 atom stereocenters. The molecule has 3 unspecified atom stereocenters. The van der Waals surface area contributed by atoms with E-state index in [-0.39, 0.29) is 5.97 Å². The van der Waals surface area contributed by atoms with E-state index in [2.05, 4.69) is 17.1 Å². The van der Waals surface area contributed by atoms with E-state index in [1.807, 2.05) is 6.92 Å². The molecule has 1 aliphatic heterocycles. The molecule has 0 aromatic carbocycles. The van der Waals surface area contributed by atoms with Crippen molar-refractivity contribution < 1.29 is 14.3 Å². The first-order valence-corrected chi connectivity index (χ1v) is 8.34. The number of nitrogens with zero attached hydrogens (tertiary/aromatic N) is 1. The zero-order valence-electron chi connectivity index (χ0n) is 13.7. The van der Waals surface area contributed by atoms with Gasteiger partial charge in [-0.05, 0) is 45.6 Å². The number of rotatable bonds is 6. The molecule has 122 valence electrons. The number of likely N-dealkylation sites (N-methyl/N-ethyl adjacent to an activating group) is 1. The summed E-state index contributed by atoms with van der Waals surface area (Å²) < 4.78 is 10.8. The largest absolute Gasteiger partial charge is 0.465 e. The highest BCUT2D eigenvalue weighted by Crippen LogP contribution is 2.34. The van der Waals surface area contributed by atoms with Gasteiger partial charge in [0.15, 0.2) is 0 Å². The highest BCUT2D eigenvalue weighted by atomic mass is 16.5. The third-order valence-corrected chi connectivity index (χ3v) is 4.93. The maximum Gasteiger partial charge on any atom is 0.326 e. The molecule has 5 nitrogen and oxygen atoms in total. The second-order valence-corrected chi connectivity index (χ2v) is 6.22. The lowest BCUT2D eigenvalue weighted by Gasteiger charge is -2.42. The van der Waals surface area contributed by atoms with Crippen molar-refractivity contribution in [2.45, 2.75) is 63.6 Å². The van der Waals surface area contributed by atoms with Crippen LogP contribution in [0, 0.1) is 0 Å². The Bertz CT molecular complexity index is 346. The molecule has 0 amide bonds. The quantitative estimate of drug-likeness (QED) is 0.754. The Morgan fingerprint density at radius 1 is 1.38 bits per heavy atom. The van der Waals surface area contributed by atoms with E-state index < -0.39 is 5.54 Å². The number of hydrogen-bond donors (Lipinski definition) is 1. The second-order valence-electron chi connectivity index (χ2n) is 6.22. The minimum atomic E-state index is -0.487. The van der Waals surface area contributed by atoms with Crippen molar-refractivity contribution in [3.63, 3.8) is 0 Å². The number of ether oxygens (including phenoxy) is 2. The molecule has 21 heavy (non-hydrogen) atoms. The molecule has 0 aromatic rings. The van der Waals surface area contributed by atoms with Gasteiger partial charge in [0.2, 0.25) is 0 Å². The smallest absolute Gasteiger partial charge is 0.326 e. The van der Waals surface area contributed by atoms with Crippen LogP contribution in [0.15, 0.2) is 0 Å². The molecule has 0 bridgehead atoms. The normalized spacial score (nSPS) is 34.0. The summed E-state index contributed by atoms with van der Waals surface area (Å²) in [5.41, 5.74) is -0.487. The number of methoxy groups -OCH3 is 1. The zero-order chi connectivity index (χ0) is 15.3. The number of carbonyl (C=O) groups is 1. The fourth-order valence-corrected chi connectivity index (χ4v) is 3.86. The van der Waals surface area contributed by atoms with Crippen LogP contribution in [-0.4, -0.2) is 61.9 Å². The highest BCUT2D eigenvalue weighted by molar-refractivity contribution is 5.81. The summed E-state index contributed by atoms with van der Waals surface area (Å²) >= 11 is 0. The summed E-state index contributed by atoms with van der Waals surface area (Å²) in [5.74, 6) is -0.0703. The number of likely N-dealkylation sites (tertiary alicyclic amines) is 1. The van der Waals surface area contributed by atoms with Crippen LogP contribution in [0.4, 0.5) is 0 Å². The average Bonchev–Trinajstić information content (AvgIpc) is 2.97. The topological polar surface area (TPSA) is 50.8 Å². The fraction of sp³-hybridized carbons (Fsp3) is 0.938. The number of carbonyl (C=O) groups excluding carboxylic acids is 1. The van der Waals surface area contributed by atoms with Gasteiger partial charge in [0.05, 0.1) is 12.7 Å². The summed E-state index contributed by atoms with van der Waals surface area (Å²) in [5, 5.41) is 3.43. The summed E-state index contributed by atoms with van der Waals surface area (Å²) in [4.78, 5) is 15.0. The molecule has 1 aliphatic carbocycles. The number of esters is 1. The molecule has 1 N–H and O–H groups in total. The van der Waals surface area contributed by atoms with Crippen molar-refractivity contribution in [3.8, 4) is 0 Å². The van der Waals surface area contributed by atoms with E-state index in [0.29, 0.717) is 18.8 Å². The molecule has 2 rings (SSSR count). The van der Waals surface area contributed by atoms with Crippen molar-refractivity contribution in [3.05, 3.63) is 0 Å². The monoisotopic (exact) mass is 298 g/mol. The molecule has 0 aromatic heterocycles. The van der Waals surface area contributed by atoms with Gasteiger partial charge in [0, 0.05) is 26.2 Å². The van der Waals surface area contributed by atoms with Gasteiger partial charge in [-0.1, -0.05) is 6.92 Å². The molecule has 1 saturated heterocycles. The lowest BCUT2D eigenvalue weighted by molar-refractivity contribution is -0.153.